The van der Waals surface area contributed by atoms with Crippen LogP contribution >= 0.6 is 0 Å². The van der Waals surface area contributed by atoms with E-state index in [1.54, 1.807) is 0 Å². The molecule has 0 aromatic rings. The highest BCUT2D eigenvalue weighted by Crippen LogP contribution is 2.50. The van der Waals surface area contributed by atoms with Crippen LogP contribution in [0.1, 0.15) is 65.2 Å². The SMILES string of the molecule is C=C(CCCCC1CC1C1OC(CC)C(O)C(N)C1C)C1CC1. The van der Waals surface area contributed by atoms with Crippen molar-refractivity contribution >= 4 is 0 Å². The fraction of sp³-hybridized carbons (Fsp3) is 0.900. The second-order valence-corrected chi connectivity index (χ2v) is 8.31. The van der Waals surface area contributed by atoms with E-state index in [2.05, 4.69) is 20.4 Å². The van der Waals surface area contributed by atoms with Gasteiger partial charge in [-0.2, -0.15) is 0 Å². The van der Waals surface area contributed by atoms with E-state index in [1.807, 2.05) is 0 Å². The smallest absolute Gasteiger partial charge is 0.0955 e. The van der Waals surface area contributed by atoms with Crippen LogP contribution < -0.4 is 5.73 Å². The number of aliphatic hydroxyl groups excluding tert-OH is 1. The molecule has 3 N–H and O–H groups in total. The number of ether oxygens (including phenoxy) is 1. The van der Waals surface area contributed by atoms with E-state index in [0.717, 1.165) is 18.3 Å². The van der Waals surface area contributed by atoms with Gasteiger partial charge in [0.1, 0.15) is 0 Å². The molecule has 0 spiro atoms. The summed E-state index contributed by atoms with van der Waals surface area (Å²) in [4.78, 5) is 0. The fourth-order valence-electron chi connectivity index (χ4n) is 4.47. The summed E-state index contributed by atoms with van der Waals surface area (Å²) >= 11 is 0. The molecule has 7 unspecified atom stereocenters. The van der Waals surface area contributed by atoms with Gasteiger partial charge in [-0.15, -0.1) is 0 Å². The van der Waals surface area contributed by atoms with E-state index in [1.165, 1.54) is 50.5 Å². The van der Waals surface area contributed by atoms with Crippen molar-refractivity contribution in [3.05, 3.63) is 12.2 Å². The molecule has 0 aromatic carbocycles. The number of allylic oxidation sites excluding steroid dienone is 1. The average Bonchev–Trinajstić information content (AvgIpc) is 3.43. The van der Waals surface area contributed by atoms with Crippen LogP contribution in [0.4, 0.5) is 0 Å². The number of rotatable bonds is 8. The number of nitrogens with two attached hydrogens (primary N) is 1. The van der Waals surface area contributed by atoms with Gasteiger partial charge < -0.3 is 15.6 Å². The minimum atomic E-state index is -0.503. The lowest BCUT2D eigenvalue weighted by atomic mass is 9.83. The Balaban J connectivity index is 1.39. The van der Waals surface area contributed by atoms with Gasteiger partial charge in [-0.1, -0.05) is 38.8 Å². The summed E-state index contributed by atoms with van der Waals surface area (Å²) in [6, 6.07) is -0.137. The summed E-state index contributed by atoms with van der Waals surface area (Å²) < 4.78 is 6.22. The standard InChI is InChI=1S/C20H35NO2/c1-4-17-19(22)18(21)13(3)20(23-17)16-11-15(16)8-6-5-7-12(2)14-9-10-14/h13-20,22H,2,4-11,21H2,1,3H3. The van der Waals surface area contributed by atoms with Crippen LogP contribution in [0.5, 0.6) is 0 Å². The maximum atomic E-state index is 10.2. The first-order chi connectivity index (χ1) is 11.0. The topological polar surface area (TPSA) is 55.5 Å². The van der Waals surface area contributed by atoms with Gasteiger partial charge in [-0.25, -0.2) is 0 Å². The summed E-state index contributed by atoms with van der Waals surface area (Å²) in [6.07, 6.45) is 9.75. The van der Waals surface area contributed by atoms with Gasteiger partial charge in [0, 0.05) is 12.0 Å². The third-order valence-electron chi connectivity index (χ3n) is 6.51. The van der Waals surface area contributed by atoms with Gasteiger partial charge in [0.15, 0.2) is 0 Å². The van der Waals surface area contributed by atoms with Crippen molar-refractivity contribution in [1.29, 1.82) is 0 Å². The first-order valence-electron chi connectivity index (χ1n) is 9.79. The quantitative estimate of drug-likeness (QED) is 0.530. The van der Waals surface area contributed by atoms with Crippen molar-refractivity contribution in [1.82, 2.24) is 0 Å². The van der Waals surface area contributed by atoms with Gasteiger partial charge in [-0.05, 0) is 56.3 Å². The summed E-state index contributed by atoms with van der Waals surface area (Å²) in [6.45, 7) is 8.45. The predicted octanol–water partition coefficient (Wildman–Crippen LogP) is 3.65. The van der Waals surface area contributed by atoms with E-state index in [-0.39, 0.29) is 24.2 Å². The molecule has 132 valence electrons. The summed E-state index contributed by atoms with van der Waals surface area (Å²) in [7, 11) is 0. The van der Waals surface area contributed by atoms with Crippen molar-refractivity contribution in [2.75, 3.05) is 0 Å². The average molecular weight is 322 g/mol. The zero-order valence-corrected chi connectivity index (χ0v) is 14.9. The van der Waals surface area contributed by atoms with Crippen molar-refractivity contribution in [2.24, 2.45) is 29.4 Å². The van der Waals surface area contributed by atoms with Gasteiger partial charge in [0.2, 0.25) is 0 Å². The van der Waals surface area contributed by atoms with Crippen LogP contribution in [0, 0.1) is 23.7 Å². The van der Waals surface area contributed by atoms with Crippen LogP contribution in [0.15, 0.2) is 12.2 Å². The van der Waals surface area contributed by atoms with Crippen LogP contribution in [-0.2, 0) is 4.74 Å². The van der Waals surface area contributed by atoms with Gasteiger partial charge in [0.25, 0.3) is 0 Å². The van der Waals surface area contributed by atoms with E-state index >= 15 is 0 Å². The Labute approximate surface area is 141 Å². The molecular formula is C20H35NO2. The molecule has 3 aliphatic rings. The Hall–Kier alpha value is -0.380. The maximum absolute atomic E-state index is 10.2. The third-order valence-corrected chi connectivity index (χ3v) is 6.51. The maximum Gasteiger partial charge on any atom is 0.0955 e. The van der Waals surface area contributed by atoms with Crippen LogP contribution in [0.25, 0.3) is 0 Å². The molecule has 7 atom stereocenters. The molecule has 3 rings (SSSR count). The minimum Gasteiger partial charge on any atom is -0.389 e. The fourth-order valence-corrected chi connectivity index (χ4v) is 4.47. The molecule has 3 fully saturated rings. The van der Waals surface area contributed by atoms with Crippen LogP contribution in [-0.4, -0.2) is 29.5 Å². The summed E-state index contributed by atoms with van der Waals surface area (Å²) in [5.74, 6) is 2.61. The molecule has 23 heavy (non-hydrogen) atoms. The predicted molar refractivity (Wildman–Crippen MR) is 94.0 cm³/mol. The lowest BCUT2D eigenvalue weighted by Gasteiger charge is -2.42. The Bertz CT molecular complexity index is 418. The molecule has 0 amide bonds. The molecule has 0 radical (unpaired) electrons. The van der Waals surface area contributed by atoms with E-state index in [0.29, 0.717) is 5.92 Å². The molecule has 1 saturated heterocycles. The van der Waals surface area contributed by atoms with Crippen LogP contribution in [0.3, 0.4) is 0 Å². The van der Waals surface area contributed by atoms with Crippen LogP contribution in [0.2, 0.25) is 0 Å². The van der Waals surface area contributed by atoms with Gasteiger partial charge >= 0.3 is 0 Å². The van der Waals surface area contributed by atoms with Crippen molar-refractivity contribution in [3.8, 4) is 0 Å². The van der Waals surface area contributed by atoms with Gasteiger partial charge in [-0.3, -0.25) is 0 Å². The molecule has 0 bridgehead atoms. The zero-order chi connectivity index (χ0) is 16.6. The second-order valence-electron chi connectivity index (χ2n) is 8.31. The normalized spacial score (nSPS) is 43.4. The Morgan fingerprint density at radius 3 is 2.70 bits per heavy atom. The molecule has 3 nitrogen and oxygen atoms in total. The number of unbranched alkanes of at least 4 members (excludes halogenated alkanes) is 1. The Morgan fingerprint density at radius 2 is 2.04 bits per heavy atom. The molecule has 2 saturated carbocycles. The lowest BCUT2D eigenvalue weighted by Crippen LogP contribution is -2.57. The van der Waals surface area contributed by atoms with E-state index < -0.39 is 6.10 Å². The second kappa shape index (κ2) is 7.25. The number of hydrogen-bond acceptors (Lipinski definition) is 3. The molecule has 2 aliphatic carbocycles. The largest absolute Gasteiger partial charge is 0.389 e. The highest BCUT2D eigenvalue weighted by molar-refractivity contribution is 5.07. The Morgan fingerprint density at radius 1 is 1.30 bits per heavy atom. The van der Waals surface area contributed by atoms with E-state index in [9.17, 15) is 5.11 Å². The zero-order valence-electron chi connectivity index (χ0n) is 14.9. The molecule has 3 heteroatoms. The van der Waals surface area contributed by atoms with E-state index in [4.69, 9.17) is 10.5 Å². The number of hydrogen-bond donors (Lipinski definition) is 2. The minimum absolute atomic E-state index is 0.0747. The van der Waals surface area contributed by atoms with Crippen molar-refractivity contribution in [3.63, 3.8) is 0 Å². The van der Waals surface area contributed by atoms with Crippen molar-refractivity contribution in [2.45, 2.75) is 89.6 Å². The number of aliphatic hydroxyl groups is 1. The summed E-state index contributed by atoms with van der Waals surface area (Å²) in [5.41, 5.74) is 7.73. The summed E-state index contributed by atoms with van der Waals surface area (Å²) in [5, 5.41) is 10.2. The van der Waals surface area contributed by atoms with Gasteiger partial charge in [0.05, 0.1) is 18.3 Å². The molecular weight excluding hydrogens is 286 g/mol. The molecule has 1 heterocycles. The highest BCUT2D eigenvalue weighted by atomic mass is 16.5. The monoisotopic (exact) mass is 321 g/mol. The van der Waals surface area contributed by atoms with Crippen molar-refractivity contribution < 1.29 is 9.84 Å². The first kappa shape index (κ1) is 17.4. The lowest BCUT2D eigenvalue weighted by molar-refractivity contribution is -0.159. The third kappa shape index (κ3) is 4.00. The first-order valence-corrected chi connectivity index (χ1v) is 9.79. The highest BCUT2D eigenvalue weighted by Gasteiger charge is 2.51. The molecule has 0 aromatic heterocycles. The molecule has 1 aliphatic heterocycles. The Kier molecular flexibility index (Phi) is 5.49.